The Balaban J connectivity index is 1.92. The van der Waals surface area contributed by atoms with Crippen LogP contribution in [0.15, 0.2) is 34.9 Å². The number of aromatic nitrogens is 1. The average molecular weight is 273 g/mol. The maximum absolute atomic E-state index is 12.0. The quantitative estimate of drug-likeness (QED) is 0.930. The third kappa shape index (κ3) is 3.60. The average Bonchev–Trinajstić information content (AvgIpc) is 2.85. The zero-order chi connectivity index (χ0) is 14.5. The van der Waals surface area contributed by atoms with Crippen LogP contribution in [0.3, 0.4) is 0 Å². The largest absolute Gasteiger partial charge is 0.360 e. The van der Waals surface area contributed by atoms with Gasteiger partial charge in [0.25, 0.3) is 0 Å². The molecular formula is C15H19N3O2. The van der Waals surface area contributed by atoms with E-state index in [1.165, 1.54) is 5.56 Å². The van der Waals surface area contributed by atoms with Crippen LogP contribution in [0.5, 0.6) is 0 Å². The van der Waals surface area contributed by atoms with Crippen LogP contribution in [0.25, 0.3) is 0 Å². The number of carbonyl (C=O) groups is 1. The molecule has 5 heteroatoms. The number of hydrogen-bond donors (Lipinski definition) is 1. The first kappa shape index (κ1) is 14.1. The number of anilines is 1. The molecule has 2 rings (SSSR count). The van der Waals surface area contributed by atoms with E-state index in [1.54, 1.807) is 24.9 Å². The molecule has 2 amide bonds. The molecule has 0 spiro atoms. The first-order valence-electron chi connectivity index (χ1n) is 6.61. The summed E-state index contributed by atoms with van der Waals surface area (Å²) in [6.45, 7) is 4.45. The highest BCUT2D eigenvalue weighted by Gasteiger charge is 2.11. The van der Waals surface area contributed by atoms with Crippen LogP contribution >= 0.6 is 0 Å². The second-order valence-electron chi connectivity index (χ2n) is 4.78. The fourth-order valence-electron chi connectivity index (χ4n) is 1.86. The Labute approximate surface area is 118 Å². The van der Waals surface area contributed by atoms with Crippen molar-refractivity contribution in [2.24, 2.45) is 0 Å². The van der Waals surface area contributed by atoms with Crippen LogP contribution in [-0.4, -0.2) is 23.1 Å². The highest BCUT2D eigenvalue weighted by Crippen LogP contribution is 2.10. The fourth-order valence-corrected chi connectivity index (χ4v) is 1.86. The van der Waals surface area contributed by atoms with Crippen molar-refractivity contribution in [1.82, 2.24) is 10.1 Å². The molecule has 1 aromatic carbocycles. The van der Waals surface area contributed by atoms with Crippen LogP contribution in [0.1, 0.15) is 23.8 Å². The minimum Gasteiger partial charge on any atom is -0.360 e. The van der Waals surface area contributed by atoms with Crippen molar-refractivity contribution in [2.75, 3.05) is 12.4 Å². The van der Waals surface area contributed by atoms with Crippen molar-refractivity contribution in [3.8, 4) is 0 Å². The van der Waals surface area contributed by atoms with Gasteiger partial charge >= 0.3 is 6.03 Å². The molecule has 0 bridgehead atoms. The summed E-state index contributed by atoms with van der Waals surface area (Å²) < 4.78 is 4.91. The van der Waals surface area contributed by atoms with E-state index < -0.39 is 0 Å². The lowest BCUT2D eigenvalue weighted by Gasteiger charge is -2.17. The molecular weight excluding hydrogens is 254 g/mol. The molecule has 0 unspecified atom stereocenters. The minimum absolute atomic E-state index is 0.210. The maximum Gasteiger partial charge on any atom is 0.323 e. The minimum atomic E-state index is -0.210. The summed E-state index contributed by atoms with van der Waals surface area (Å²) in [5.74, 6) is 1.10. The van der Waals surface area contributed by atoms with Crippen molar-refractivity contribution >= 4 is 11.8 Å². The van der Waals surface area contributed by atoms with Gasteiger partial charge in [0.05, 0.1) is 0 Å². The number of urea groups is 1. The van der Waals surface area contributed by atoms with Crippen molar-refractivity contribution in [3.05, 3.63) is 47.2 Å². The van der Waals surface area contributed by atoms with Gasteiger partial charge in [0.2, 0.25) is 0 Å². The summed E-state index contributed by atoms with van der Waals surface area (Å²) in [6, 6.07) is 9.73. The monoisotopic (exact) mass is 273 g/mol. The predicted octanol–water partition coefficient (Wildman–Crippen LogP) is 3.21. The van der Waals surface area contributed by atoms with Gasteiger partial charge < -0.3 is 9.42 Å². The van der Waals surface area contributed by atoms with Gasteiger partial charge in [-0.25, -0.2) is 4.79 Å². The van der Waals surface area contributed by atoms with E-state index in [-0.39, 0.29) is 6.03 Å². The van der Waals surface area contributed by atoms with Gasteiger partial charge in [-0.05, 0) is 24.5 Å². The van der Waals surface area contributed by atoms with E-state index >= 15 is 0 Å². The van der Waals surface area contributed by atoms with E-state index in [9.17, 15) is 4.79 Å². The molecule has 106 valence electrons. The predicted molar refractivity (Wildman–Crippen MR) is 77.5 cm³/mol. The smallest absolute Gasteiger partial charge is 0.323 e. The molecule has 0 fully saturated rings. The normalized spacial score (nSPS) is 10.3. The van der Waals surface area contributed by atoms with E-state index in [4.69, 9.17) is 4.52 Å². The third-order valence-electron chi connectivity index (χ3n) is 3.06. The molecule has 0 radical (unpaired) electrons. The summed E-state index contributed by atoms with van der Waals surface area (Å²) in [5.41, 5.74) is 2.38. The van der Waals surface area contributed by atoms with Gasteiger partial charge in [0.15, 0.2) is 5.82 Å². The van der Waals surface area contributed by atoms with Crippen molar-refractivity contribution in [2.45, 2.75) is 26.8 Å². The summed E-state index contributed by atoms with van der Waals surface area (Å²) >= 11 is 0. The van der Waals surface area contributed by atoms with E-state index in [1.807, 2.05) is 12.1 Å². The number of nitrogens with one attached hydrogen (secondary N) is 1. The second-order valence-corrected chi connectivity index (χ2v) is 4.78. The number of hydrogen-bond acceptors (Lipinski definition) is 3. The molecule has 0 aliphatic carbocycles. The first-order valence-corrected chi connectivity index (χ1v) is 6.61. The molecule has 0 aliphatic heterocycles. The lowest BCUT2D eigenvalue weighted by Crippen LogP contribution is -2.30. The number of nitrogens with zero attached hydrogens (tertiary/aromatic N) is 2. The summed E-state index contributed by atoms with van der Waals surface area (Å²) in [6.07, 6.45) is 1.02. The van der Waals surface area contributed by atoms with Crippen LogP contribution < -0.4 is 5.32 Å². The Bertz CT molecular complexity index is 575. The fraction of sp³-hybridized carbons (Fsp3) is 0.333. The van der Waals surface area contributed by atoms with Crippen LogP contribution in [0, 0.1) is 6.92 Å². The van der Waals surface area contributed by atoms with Gasteiger partial charge in [-0.3, -0.25) is 5.32 Å². The highest BCUT2D eigenvalue weighted by molar-refractivity contribution is 5.88. The SMILES string of the molecule is CCc1ccc(CN(C)C(=O)Nc2cc(C)on2)cc1. The van der Waals surface area contributed by atoms with E-state index in [2.05, 4.69) is 29.5 Å². The number of amides is 2. The Morgan fingerprint density at radius 2 is 1.95 bits per heavy atom. The van der Waals surface area contributed by atoms with Gasteiger partial charge in [0.1, 0.15) is 5.76 Å². The molecule has 0 saturated carbocycles. The second kappa shape index (κ2) is 6.23. The molecule has 0 atom stereocenters. The van der Waals surface area contributed by atoms with Crippen molar-refractivity contribution in [3.63, 3.8) is 0 Å². The number of benzene rings is 1. The summed E-state index contributed by atoms with van der Waals surface area (Å²) in [5, 5.41) is 6.42. The summed E-state index contributed by atoms with van der Waals surface area (Å²) in [7, 11) is 1.75. The zero-order valence-electron chi connectivity index (χ0n) is 12.0. The standard InChI is InChI=1S/C15H19N3O2/c1-4-12-5-7-13(8-6-12)10-18(3)15(19)16-14-9-11(2)20-17-14/h5-9H,4,10H2,1-3H3,(H,16,17,19). The zero-order valence-corrected chi connectivity index (χ0v) is 12.0. The van der Waals surface area contributed by atoms with Gasteiger partial charge in [-0.15, -0.1) is 0 Å². The van der Waals surface area contributed by atoms with Gasteiger partial charge in [-0.1, -0.05) is 36.3 Å². The Morgan fingerprint density at radius 1 is 1.30 bits per heavy atom. The highest BCUT2D eigenvalue weighted by atomic mass is 16.5. The molecule has 2 aromatic rings. The number of rotatable bonds is 4. The number of aryl methyl sites for hydroxylation is 2. The summed E-state index contributed by atoms with van der Waals surface area (Å²) in [4.78, 5) is 13.6. The molecule has 1 heterocycles. The molecule has 0 saturated heterocycles. The Hall–Kier alpha value is -2.30. The maximum atomic E-state index is 12.0. The topological polar surface area (TPSA) is 58.4 Å². The molecule has 20 heavy (non-hydrogen) atoms. The van der Waals surface area contributed by atoms with Gasteiger partial charge in [-0.2, -0.15) is 0 Å². The molecule has 0 aliphatic rings. The third-order valence-corrected chi connectivity index (χ3v) is 3.06. The lowest BCUT2D eigenvalue weighted by atomic mass is 10.1. The van der Waals surface area contributed by atoms with Crippen LogP contribution in [0.2, 0.25) is 0 Å². The van der Waals surface area contributed by atoms with Gasteiger partial charge in [0, 0.05) is 19.7 Å². The molecule has 1 aromatic heterocycles. The first-order chi connectivity index (χ1) is 9.58. The van der Waals surface area contributed by atoms with Crippen LogP contribution in [0.4, 0.5) is 10.6 Å². The van der Waals surface area contributed by atoms with Crippen LogP contribution in [-0.2, 0) is 13.0 Å². The Kier molecular flexibility index (Phi) is 4.40. The van der Waals surface area contributed by atoms with Crippen molar-refractivity contribution in [1.29, 1.82) is 0 Å². The van der Waals surface area contributed by atoms with E-state index in [0.29, 0.717) is 18.1 Å². The Morgan fingerprint density at radius 3 is 2.50 bits per heavy atom. The van der Waals surface area contributed by atoms with E-state index in [0.717, 1.165) is 12.0 Å². The molecule has 5 nitrogen and oxygen atoms in total. The number of carbonyl (C=O) groups excluding carboxylic acids is 1. The van der Waals surface area contributed by atoms with Crippen molar-refractivity contribution < 1.29 is 9.32 Å². The molecule has 1 N–H and O–H groups in total. The lowest BCUT2D eigenvalue weighted by molar-refractivity contribution is 0.220.